The van der Waals surface area contributed by atoms with Crippen LogP contribution in [0.5, 0.6) is 0 Å². The number of carbonyl (C=O) groups is 2. The molecule has 0 radical (unpaired) electrons. The monoisotopic (exact) mass is 343 g/mol. The topological polar surface area (TPSA) is 115 Å². The smallest absolute Gasteiger partial charge is 0.332 e. The van der Waals surface area contributed by atoms with Crippen LogP contribution < -0.4 is 0 Å². The van der Waals surface area contributed by atoms with E-state index in [0.29, 0.717) is 30.1 Å². The maximum Gasteiger partial charge on any atom is 0.332 e. The van der Waals surface area contributed by atoms with E-state index in [1.807, 2.05) is 0 Å². The van der Waals surface area contributed by atoms with Crippen molar-refractivity contribution in [3.63, 3.8) is 0 Å². The van der Waals surface area contributed by atoms with Crippen molar-refractivity contribution >= 4 is 11.9 Å². The highest BCUT2D eigenvalue weighted by Crippen LogP contribution is 2.35. The van der Waals surface area contributed by atoms with E-state index in [-0.39, 0.29) is 5.91 Å². The number of fused-ring (bicyclic) bond motifs is 1. The molecule has 1 aliphatic carbocycles. The second-order valence-electron chi connectivity index (χ2n) is 6.79. The normalized spacial score (nSPS) is 21.1. The molecule has 3 N–H and O–H groups in total. The van der Waals surface area contributed by atoms with Gasteiger partial charge in [-0.25, -0.2) is 9.78 Å². The van der Waals surface area contributed by atoms with Crippen LogP contribution in [0.3, 0.4) is 0 Å². The molecule has 8 nitrogen and oxygen atoms in total. The second-order valence-corrected chi connectivity index (χ2v) is 6.79. The molecule has 1 amide bonds. The molecule has 1 fully saturated rings. The molecular weight excluding hydrogens is 322 g/mol. The van der Waals surface area contributed by atoms with Crippen LogP contribution in [0.1, 0.15) is 71.5 Å². The Balaban J connectivity index is 1.65. The van der Waals surface area contributed by atoms with E-state index >= 15 is 0 Å². The number of carboxylic acid groups (broad SMARTS) is 1. The summed E-state index contributed by atoms with van der Waals surface area (Å²) in [6, 6.07) is -1.06. The van der Waals surface area contributed by atoms with E-state index in [9.17, 15) is 14.7 Å². The van der Waals surface area contributed by atoms with Gasteiger partial charge in [-0.1, -0.05) is 19.3 Å². The van der Waals surface area contributed by atoms with Gasteiger partial charge in [-0.3, -0.25) is 9.89 Å². The molecule has 2 aromatic rings. The summed E-state index contributed by atoms with van der Waals surface area (Å²) in [5.74, 6) is -1.05. The van der Waals surface area contributed by atoms with Gasteiger partial charge in [-0.05, 0) is 12.8 Å². The van der Waals surface area contributed by atoms with Crippen LogP contribution in [0.4, 0.5) is 0 Å². The third kappa shape index (κ3) is 2.71. The van der Waals surface area contributed by atoms with Gasteiger partial charge in [0.25, 0.3) is 5.91 Å². The van der Waals surface area contributed by atoms with Gasteiger partial charge in [0, 0.05) is 24.6 Å². The first-order valence-electron chi connectivity index (χ1n) is 8.76. The number of amides is 1. The second kappa shape index (κ2) is 6.34. The van der Waals surface area contributed by atoms with Gasteiger partial charge in [0.05, 0.1) is 29.5 Å². The fourth-order valence-corrected chi connectivity index (χ4v) is 4.07. The van der Waals surface area contributed by atoms with Crippen LogP contribution in [-0.4, -0.2) is 48.6 Å². The molecule has 1 unspecified atom stereocenters. The van der Waals surface area contributed by atoms with Crippen molar-refractivity contribution in [2.24, 2.45) is 0 Å². The van der Waals surface area contributed by atoms with Gasteiger partial charge in [-0.2, -0.15) is 5.10 Å². The first-order valence-corrected chi connectivity index (χ1v) is 8.76. The molecule has 1 aliphatic heterocycles. The van der Waals surface area contributed by atoms with Gasteiger partial charge in [0.15, 0.2) is 6.04 Å². The van der Waals surface area contributed by atoms with Gasteiger partial charge in [0.1, 0.15) is 0 Å². The maximum absolute atomic E-state index is 13.1. The van der Waals surface area contributed by atoms with Crippen LogP contribution in [0.15, 0.2) is 12.5 Å². The fourth-order valence-electron chi connectivity index (χ4n) is 4.07. The predicted octanol–water partition coefficient (Wildman–Crippen LogP) is 2.00. The van der Waals surface area contributed by atoms with E-state index in [1.54, 1.807) is 0 Å². The largest absolute Gasteiger partial charge is 0.479 e. The summed E-state index contributed by atoms with van der Waals surface area (Å²) in [6.07, 6.45) is 9.18. The lowest BCUT2D eigenvalue weighted by molar-refractivity contribution is -0.143. The van der Waals surface area contributed by atoms with Crippen LogP contribution >= 0.6 is 0 Å². The Morgan fingerprint density at radius 3 is 2.80 bits per heavy atom. The lowest BCUT2D eigenvalue weighted by atomic mass is 9.85. The Morgan fingerprint density at radius 2 is 2.04 bits per heavy atom. The summed E-state index contributed by atoms with van der Waals surface area (Å²) >= 11 is 0. The lowest BCUT2D eigenvalue weighted by Gasteiger charge is -2.32. The minimum Gasteiger partial charge on any atom is -0.479 e. The van der Waals surface area contributed by atoms with Crippen molar-refractivity contribution < 1.29 is 14.7 Å². The minimum atomic E-state index is -1.07. The third-order valence-electron chi connectivity index (χ3n) is 5.33. The maximum atomic E-state index is 13.1. The molecule has 0 bridgehead atoms. The highest BCUT2D eigenvalue weighted by molar-refractivity contribution is 5.98. The molecule has 25 heavy (non-hydrogen) atoms. The number of hydrogen-bond donors (Lipinski definition) is 3. The number of aromatic nitrogens is 4. The van der Waals surface area contributed by atoms with Crippen molar-refractivity contribution in [3.05, 3.63) is 35.2 Å². The number of aliphatic carboxylic acids is 1. The quantitative estimate of drug-likeness (QED) is 0.788. The predicted molar refractivity (Wildman–Crippen MR) is 88.1 cm³/mol. The minimum absolute atomic E-state index is 0.282. The van der Waals surface area contributed by atoms with Crippen LogP contribution in [0.25, 0.3) is 0 Å². The number of aromatic amines is 2. The average Bonchev–Trinajstić information content (AvgIpc) is 3.29. The number of carbonyl (C=O) groups excluding carboxylic acids is 1. The number of nitrogens with one attached hydrogen (secondary N) is 2. The number of imidazole rings is 1. The molecule has 2 aliphatic rings. The first-order chi connectivity index (χ1) is 12.2. The SMILES string of the molecule is O=C(O)C1c2nc[nH]c2CCN1C(=O)c1cn[nH]c1C1CCCCC1. The van der Waals surface area contributed by atoms with Gasteiger partial charge in [-0.15, -0.1) is 0 Å². The van der Waals surface area contributed by atoms with E-state index in [4.69, 9.17) is 0 Å². The zero-order chi connectivity index (χ0) is 17.4. The first kappa shape index (κ1) is 15.9. The molecular formula is C17H21N5O3. The number of rotatable bonds is 3. The molecule has 2 aromatic heterocycles. The molecule has 3 heterocycles. The zero-order valence-corrected chi connectivity index (χ0v) is 13.9. The van der Waals surface area contributed by atoms with E-state index in [1.165, 1.54) is 23.8 Å². The molecule has 4 rings (SSSR count). The van der Waals surface area contributed by atoms with Crippen molar-refractivity contribution in [1.82, 2.24) is 25.1 Å². The summed E-state index contributed by atoms with van der Waals surface area (Å²) in [6.45, 7) is 0.347. The Bertz CT molecular complexity index is 790. The number of H-pyrrole nitrogens is 2. The summed E-state index contributed by atoms with van der Waals surface area (Å²) < 4.78 is 0. The molecule has 0 aromatic carbocycles. The zero-order valence-electron chi connectivity index (χ0n) is 13.9. The van der Waals surface area contributed by atoms with Crippen molar-refractivity contribution in [2.75, 3.05) is 6.54 Å². The van der Waals surface area contributed by atoms with E-state index in [2.05, 4.69) is 20.2 Å². The van der Waals surface area contributed by atoms with Crippen molar-refractivity contribution in [1.29, 1.82) is 0 Å². The standard InChI is InChI=1S/C17H21N5O3/c23-16(11-8-20-21-13(11)10-4-2-1-3-5-10)22-7-6-12-14(19-9-18-12)15(22)17(24)25/h8-10,15H,1-7H2,(H,18,19)(H,20,21)(H,24,25). The Kier molecular flexibility index (Phi) is 4.03. The fraction of sp³-hybridized carbons (Fsp3) is 0.529. The summed E-state index contributed by atoms with van der Waals surface area (Å²) in [5, 5.41) is 16.7. The summed E-state index contributed by atoms with van der Waals surface area (Å²) in [5.41, 5.74) is 2.56. The third-order valence-corrected chi connectivity index (χ3v) is 5.33. The van der Waals surface area contributed by atoms with Gasteiger partial charge >= 0.3 is 5.97 Å². The molecule has 1 atom stereocenters. The van der Waals surface area contributed by atoms with Crippen LogP contribution in [-0.2, 0) is 11.2 Å². The summed E-state index contributed by atoms with van der Waals surface area (Å²) in [7, 11) is 0. The van der Waals surface area contributed by atoms with Gasteiger partial charge < -0.3 is 15.0 Å². The van der Waals surface area contributed by atoms with Gasteiger partial charge in [0.2, 0.25) is 0 Å². The van der Waals surface area contributed by atoms with Crippen molar-refractivity contribution in [3.8, 4) is 0 Å². The molecule has 132 valence electrons. The molecule has 1 saturated carbocycles. The average molecular weight is 343 g/mol. The highest BCUT2D eigenvalue weighted by atomic mass is 16.4. The van der Waals surface area contributed by atoms with Crippen LogP contribution in [0.2, 0.25) is 0 Å². The Morgan fingerprint density at radius 1 is 1.24 bits per heavy atom. The highest BCUT2D eigenvalue weighted by Gasteiger charge is 2.39. The van der Waals surface area contributed by atoms with Crippen LogP contribution in [0, 0.1) is 0 Å². The van der Waals surface area contributed by atoms with E-state index in [0.717, 1.165) is 37.1 Å². The Labute approximate surface area is 144 Å². The number of carboxylic acids is 1. The molecule has 8 heteroatoms. The summed E-state index contributed by atoms with van der Waals surface area (Å²) in [4.78, 5) is 33.5. The lowest BCUT2D eigenvalue weighted by Crippen LogP contribution is -2.44. The Hall–Kier alpha value is -2.64. The van der Waals surface area contributed by atoms with Crippen molar-refractivity contribution in [2.45, 2.75) is 50.5 Å². The molecule has 0 saturated heterocycles. The molecule has 0 spiro atoms. The number of hydrogen-bond acceptors (Lipinski definition) is 4. The van der Waals surface area contributed by atoms with E-state index < -0.39 is 12.0 Å². The number of nitrogens with zero attached hydrogens (tertiary/aromatic N) is 3.